The van der Waals surface area contributed by atoms with Crippen molar-refractivity contribution >= 4 is 27.7 Å². The minimum atomic E-state index is 1.16. The Hall–Kier alpha value is 0.830. The summed E-state index contributed by atoms with van der Waals surface area (Å²) in [6.45, 7) is 2.22. The minimum absolute atomic E-state index is 1.16. The normalized spacial score (nSPS) is 9.75. The predicted molar refractivity (Wildman–Crippen MR) is 46.0 cm³/mol. The summed E-state index contributed by atoms with van der Waals surface area (Å²) in [6.07, 6.45) is 2.62. The van der Waals surface area contributed by atoms with Gasteiger partial charge < -0.3 is 0 Å². The average Bonchev–Trinajstić information content (AvgIpc) is 1.81. The van der Waals surface area contributed by atoms with Gasteiger partial charge in [0.05, 0.1) is 0 Å². The van der Waals surface area contributed by atoms with Crippen LogP contribution in [0, 0.1) is 0 Å². The first kappa shape index (κ1) is 8.83. The van der Waals surface area contributed by atoms with Crippen LogP contribution in [0.4, 0.5) is 0 Å². The van der Waals surface area contributed by atoms with E-state index in [4.69, 9.17) is 0 Å². The lowest BCUT2D eigenvalue weighted by Gasteiger charge is -1.93. The first-order valence-corrected chi connectivity index (χ1v) is 5.33. The van der Waals surface area contributed by atoms with Crippen LogP contribution < -0.4 is 0 Å². The van der Waals surface area contributed by atoms with Crippen molar-refractivity contribution in [1.82, 2.24) is 0 Å². The van der Waals surface area contributed by atoms with E-state index in [1.165, 1.54) is 24.3 Å². The fraction of sp³-hybridized carbons (Fsp3) is 1.00. The van der Waals surface area contributed by atoms with Crippen LogP contribution >= 0.6 is 27.7 Å². The van der Waals surface area contributed by atoms with Gasteiger partial charge in [-0.25, -0.2) is 0 Å². The summed E-state index contributed by atoms with van der Waals surface area (Å²) in [5.41, 5.74) is 0. The van der Waals surface area contributed by atoms with E-state index in [2.05, 4.69) is 22.9 Å². The minimum Gasteiger partial charge on any atom is -0.162 e. The van der Waals surface area contributed by atoms with E-state index in [9.17, 15) is 0 Å². The summed E-state index contributed by atoms with van der Waals surface area (Å²) >= 11 is 5.44. The lowest BCUT2D eigenvalue weighted by molar-refractivity contribution is 1.09. The second-order valence-electron chi connectivity index (χ2n) is 1.65. The van der Waals surface area contributed by atoms with E-state index in [-0.39, 0.29) is 0 Å². The molecule has 0 radical (unpaired) electrons. The van der Waals surface area contributed by atoms with Gasteiger partial charge in [-0.1, -0.05) is 22.9 Å². The van der Waals surface area contributed by atoms with E-state index < -0.39 is 0 Å². The van der Waals surface area contributed by atoms with Crippen molar-refractivity contribution in [3.63, 3.8) is 0 Å². The van der Waals surface area contributed by atoms with Gasteiger partial charge in [0, 0.05) is 5.33 Å². The highest BCUT2D eigenvalue weighted by atomic mass is 79.9. The molecule has 0 aromatic rings. The molecule has 0 saturated heterocycles. The van der Waals surface area contributed by atoms with Crippen molar-refractivity contribution in [3.05, 3.63) is 0 Å². The fourth-order valence-electron chi connectivity index (χ4n) is 0.403. The highest BCUT2D eigenvalue weighted by Gasteiger charge is 1.83. The smallest absolute Gasteiger partial charge is 0.00391 e. The molecule has 0 aromatic carbocycles. The Morgan fingerprint density at radius 2 is 2.12 bits per heavy atom. The molecule has 0 aromatic heterocycles. The molecule has 0 nitrogen and oxygen atoms in total. The molecule has 0 atom stereocenters. The van der Waals surface area contributed by atoms with E-state index in [0.29, 0.717) is 0 Å². The van der Waals surface area contributed by atoms with Crippen LogP contribution in [0.25, 0.3) is 0 Å². The largest absolute Gasteiger partial charge is 0.162 e. The van der Waals surface area contributed by atoms with Crippen molar-refractivity contribution < 1.29 is 0 Å². The molecular formula is C6H13BrS. The maximum absolute atomic E-state index is 3.39. The van der Waals surface area contributed by atoms with E-state index in [0.717, 1.165) is 5.33 Å². The monoisotopic (exact) mass is 196 g/mol. The average molecular weight is 197 g/mol. The molecule has 0 N–H and O–H groups in total. The Morgan fingerprint density at radius 1 is 1.38 bits per heavy atom. The van der Waals surface area contributed by atoms with Crippen molar-refractivity contribution in [2.75, 3.05) is 16.8 Å². The summed E-state index contributed by atoms with van der Waals surface area (Å²) in [5, 5.41) is 1.16. The van der Waals surface area contributed by atoms with Crippen LogP contribution in [0.3, 0.4) is 0 Å². The van der Waals surface area contributed by atoms with Crippen LogP contribution in [0.1, 0.15) is 19.8 Å². The number of thioether (sulfide) groups is 1. The van der Waals surface area contributed by atoms with Crippen LogP contribution in [0.5, 0.6) is 0 Å². The molecule has 0 bridgehead atoms. The summed E-state index contributed by atoms with van der Waals surface area (Å²) in [6, 6.07) is 0. The molecule has 0 fully saturated rings. The molecule has 0 aliphatic heterocycles. The molecule has 0 aliphatic rings. The lowest BCUT2D eigenvalue weighted by Crippen LogP contribution is -1.81. The van der Waals surface area contributed by atoms with Gasteiger partial charge in [0.25, 0.3) is 0 Å². The van der Waals surface area contributed by atoms with Crippen molar-refractivity contribution in [2.45, 2.75) is 19.8 Å². The van der Waals surface area contributed by atoms with Crippen molar-refractivity contribution in [1.29, 1.82) is 0 Å². The standard InChI is InChI=1S/C6H13BrS/c1-2-5-8-6-3-4-7/h2-6H2,1H3. The Kier molecular flexibility index (Phi) is 8.64. The predicted octanol–water partition coefficient (Wildman–Crippen LogP) is 2.91. The molecule has 8 heavy (non-hydrogen) atoms. The first-order chi connectivity index (χ1) is 3.91. The Morgan fingerprint density at radius 3 is 2.62 bits per heavy atom. The molecule has 0 rings (SSSR count). The van der Waals surface area contributed by atoms with Gasteiger partial charge in [0.2, 0.25) is 0 Å². The second-order valence-corrected chi connectivity index (χ2v) is 3.67. The van der Waals surface area contributed by atoms with Crippen LogP contribution in [-0.4, -0.2) is 16.8 Å². The van der Waals surface area contributed by atoms with Gasteiger partial charge in [-0.05, 0) is 24.3 Å². The third-order valence-electron chi connectivity index (χ3n) is 0.771. The van der Waals surface area contributed by atoms with Crippen molar-refractivity contribution in [2.24, 2.45) is 0 Å². The fourth-order valence-corrected chi connectivity index (χ4v) is 1.90. The number of hydrogen-bond acceptors (Lipinski definition) is 1. The number of rotatable bonds is 5. The Bertz CT molecular complexity index is 33.5. The van der Waals surface area contributed by atoms with E-state index in [1.807, 2.05) is 11.8 Å². The molecule has 0 aliphatic carbocycles. The summed E-state index contributed by atoms with van der Waals surface area (Å²) in [7, 11) is 0. The van der Waals surface area contributed by atoms with Gasteiger partial charge in [0.15, 0.2) is 0 Å². The van der Waals surface area contributed by atoms with Gasteiger partial charge in [0.1, 0.15) is 0 Å². The Labute approximate surface area is 64.6 Å². The van der Waals surface area contributed by atoms with Gasteiger partial charge in [-0.15, -0.1) is 0 Å². The topological polar surface area (TPSA) is 0 Å². The zero-order chi connectivity index (χ0) is 6.24. The van der Waals surface area contributed by atoms with Gasteiger partial charge >= 0.3 is 0 Å². The number of alkyl halides is 1. The zero-order valence-corrected chi connectivity index (χ0v) is 7.72. The lowest BCUT2D eigenvalue weighted by atomic mass is 10.6. The Balaban J connectivity index is 2.53. The molecule has 0 unspecified atom stereocenters. The molecule has 0 spiro atoms. The third-order valence-corrected chi connectivity index (χ3v) is 2.61. The van der Waals surface area contributed by atoms with Crippen LogP contribution in [0.2, 0.25) is 0 Å². The summed E-state index contributed by atoms with van der Waals surface area (Å²) in [4.78, 5) is 0. The first-order valence-electron chi connectivity index (χ1n) is 3.05. The van der Waals surface area contributed by atoms with Gasteiger partial charge in [-0.3, -0.25) is 0 Å². The summed E-state index contributed by atoms with van der Waals surface area (Å²) in [5.74, 6) is 2.64. The number of halogens is 1. The molecule has 50 valence electrons. The molecule has 0 saturated carbocycles. The van der Waals surface area contributed by atoms with Crippen molar-refractivity contribution in [3.8, 4) is 0 Å². The van der Waals surface area contributed by atoms with Gasteiger partial charge in [-0.2, -0.15) is 11.8 Å². The quantitative estimate of drug-likeness (QED) is 0.482. The zero-order valence-electron chi connectivity index (χ0n) is 5.32. The second kappa shape index (κ2) is 7.83. The molecular weight excluding hydrogens is 184 g/mol. The third kappa shape index (κ3) is 6.83. The maximum Gasteiger partial charge on any atom is 0.00391 e. The van der Waals surface area contributed by atoms with Crippen LogP contribution in [-0.2, 0) is 0 Å². The SMILES string of the molecule is CCCSCCCBr. The maximum atomic E-state index is 3.39. The molecule has 0 amide bonds. The highest BCUT2D eigenvalue weighted by molar-refractivity contribution is 9.09. The number of hydrogen-bond donors (Lipinski definition) is 0. The van der Waals surface area contributed by atoms with E-state index >= 15 is 0 Å². The van der Waals surface area contributed by atoms with E-state index in [1.54, 1.807) is 0 Å². The summed E-state index contributed by atoms with van der Waals surface area (Å²) < 4.78 is 0. The van der Waals surface area contributed by atoms with Crippen LogP contribution in [0.15, 0.2) is 0 Å². The molecule has 2 heteroatoms. The molecule has 0 heterocycles. The highest BCUT2D eigenvalue weighted by Crippen LogP contribution is 2.04.